The quantitative estimate of drug-likeness (QED) is 0.658. The van der Waals surface area contributed by atoms with E-state index < -0.39 is 0 Å². The minimum Gasteiger partial charge on any atom is -0.365 e. The molecule has 0 aliphatic carbocycles. The van der Waals surface area contributed by atoms with E-state index in [0.717, 1.165) is 0 Å². The summed E-state index contributed by atoms with van der Waals surface area (Å²) in [5, 5.41) is 0. The third-order valence-electron chi connectivity index (χ3n) is 1.18. The number of hydrogen-bond acceptors (Lipinski definition) is 0. The van der Waals surface area contributed by atoms with E-state index in [9.17, 15) is 0 Å². The standard InChI is InChI=1S/C7H11N.ClH/c1-2-4-7-5-3-6-8-7;/h3,5-6,8H,2,4H2,1H3;1H. The minimum atomic E-state index is 0. The van der Waals surface area contributed by atoms with Crippen molar-refractivity contribution in [3.05, 3.63) is 24.0 Å². The Labute approximate surface area is 61.9 Å². The van der Waals surface area contributed by atoms with Gasteiger partial charge in [-0.1, -0.05) is 13.3 Å². The Hall–Kier alpha value is -0.430. The Kier molecular flexibility index (Phi) is 4.24. The van der Waals surface area contributed by atoms with Gasteiger partial charge in [-0.15, -0.1) is 12.4 Å². The van der Waals surface area contributed by atoms with Crippen molar-refractivity contribution >= 4 is 12.4 Å². The van der Waals surface area contributed by atoms with Crippen LogP contribution in [-0.2, 0) is 6.42 Å². The molecule has 2 heteroatoms. The summed E-state index contributed by atoms with van der Waals surface area (Å²) in [6.07, 6.45) is 4.36. The summed E-state index contributed by atoms with van der Waals surface area (Å²) < 4.78 is 0. The predicted molar refractivity (Wildman–Crippen MR) is 42.0 cm³/mol. The van der Waals surface area contributed by atoms with Crippen LogP contribution in [0.15, 0.2) is 18.3 Å². The fourth-order valence-corrected chi connectivity index (χ4v) is 0.792. The molecule has 1 heterocycles. The van der Waals surface area contributed by atoms with E-state index in [1.165, 1.54) is 18.5 Å². The van der Waals surface area contributed by atoms with Crippen LogP contribution in [0.5, 0.6) is 0 Å². The van der Waals surface area contributed by atoms with Crippen LogP contribution >= 0.6 is 12.4 Å². The van der Waals surface area contributed by atoms with Gasteiger partial charge in [-0.05, 0) is 18.6 Å². The van der Waals surface area contributed by atoms with Crippen molar-refractivity contribution in [2.75, 3.05) is 0 Å². The summed E-state index contributed by atoms with van der Waals surface area (Å²) in [5.74, 6) is 0. The second kappa shape index (κ2) is 4.45. The smallest absolute Gasteiger partial charge is 0.0147 e. The molecule has 52 valence electrons. The number of hydrogen-bond donors (Lipinski definition) is 1. The third-order valence-corrected chi connectivity index (χ3v) is 1.18. The van der Waals surface area contributed by atoms with Crippen LogP contribution in [0.2, 0.25) is 0 Å². The molecule has 0 aliphatic rings. The first-order valence-electron chi connectivity index (χ1n) is 3.05. The van der Waals surface area contributed by atoms with Crippen molar-refractivity contribution in [2.45, 2.75) is 19.8 Å². The van der Waals surface area contributed by atoms with Gasteiger partial charge in [0, 0.05) is 11.9 Å². The Balaban J connectivity index is 0.000000640. The van der Waals surface area contributed by atoms with Gasteiger partial charge in [-0.25, -0.2) is 0 Å². The van der Waals surface area contributed by atoms with E-state index in [2.05, 4.69) is 18.0 Å². The van der Waals surface area contributed by atoms with Crippen LogP contribution in [0.1, 0.15) is 19.0 Å². The molecule has 1 aromatic rings. The first-order valence-corrected chi connectivity index (χ1v) is 3.05. The minimum absolute atomic E-state index is 0. The monoisotopic (exact) mass is 145 g/mol. The lowest BCUT2D eigenvalue weighted by Crippen LogP contribution is -1.78. The van der Waals surface area contributed by atoms with Crippen LogP contribution < -0.4 is 0 Å². The first kappa shape index (κ1) is 8.57. The van der Waals surface area contributed by atoms with E-state index in [1.807, 2.05) is 12.3 Å². The highest BCUT2D eigenvalue weighted by atomic mass is 35.5. The van der Waals surface area contributed by atoms with Gasteiger partial charge in [0.25, 0.3) is 0 Å². The molecule has 0 aromatic carbocycles. The lowest BCUT2D eigenvalue weighted by atomic mass is 10.3. The molecule has 0 amide bonds. The van der Waals surface area contributed by atoms with Crippen molar-refractivity contribution in [1.82, 2.24) is 4.98 Å². The molecule has 1 rings (SSSR count). The SMILES string of the molecule is CCCc1ccc[nH]1.Cl. The van der Waals surface area contributed by atoms with Crippen molar-refractivity contribution in [3.8, 4) is 0 Å². The van der Waals surface area contributed by atoms with Crippen molar-refractivity contribution in [2.24, 2.45) is 0 Å². The topological polar surface area (TPSA) is 15.8 Å². The zero-order chi connectivity index (χ0) is 5.82. The molecule has 0 aliphatic heterocycles. The van der Waals surface area contributed by atoms with E-state index in [-0.39, 0.29) is 12.4 Å². The number of aromatic amines is 1. The van der Waals surface area contributed by atoms with Crippen LogP contribution in [0.25, 0.3) is 0 Å². The number of aryl methyl sites for hydroxylation is 1. The van der Waals surface area contributed by atoms with Gasteiger partial charge in [0.05, 0.1) is 0 Å². The molecule has 0 atom stereocenters. The third kappa shape index (κ3) is 2.56. The Bertz CT molecular complexity index is 135. The summed E-state index contributed by atoms with van der Waals surface area (Å²) in [4.78, 5) is 3.14. The Morgan fingerprint density at radius 2 is 2.33 bits per heavy atom. The molecule has 1 aromatic heterocycles. The second-order valence-electron chi connectivity index (χ2n) is 1.95. The molecule has 1 N–H and O–H groups in total. The van der Waals surface area contributed by atoms with Gasteiger partial charge in [0.2, 0.25) is 0 Å². The first-order chi connectivity index (χ1) is 3.93. The Morgan fingerprint density at radius 3 is 2.78 bits per heavy atom. The van der Waals surface area contributed by atoms with Crippen molar-refractivity contribution in [3.63, 3.8) is 0 Å². The number of nitrogens with one attached hydrogen (secondary N) is 1. The van der Waals surface area contributed by atoms with Gasteiger partial charge < -0.3 is 4.98 Å². The molecular formula is C7H12ClN. The summed E-state index contributed by atoms with van der Waals surface area (Å²) in [6.45, 7) is 2.18. The molecule has 0 saturated carbocycles. The van der Waals surface area contributed by atoms with Crippen LogP contribution in [0.3, 0.4) is 0 Å². The second-order valence-corrected chi connectivity index (χ2v) is 1.95. The average Bonchev–Trinajstić information content (AvgIpc) is 2.19. The molecule has 0 radical (unpaired) electrons. The number of rotatable bonds is 2. The molecule has 9 heavy (non-hydrogen) atoms. The molecule has 0 fully saturated rings. The fraction of sp³-hybridized carbons (Fsp3) is 0.429. The van der Waals surface area contributed by atoms with Gasteiger partial charge in [0.15, 0.2) is 0 Å². The van der Waals surface area contributed by atoms with Gasteiger partial charge in [-0.3, -0.25) is 0 Å². The highest BCUT2D eigenvalue weighted by Gasteiger charge is 1.85. The maximum Gasteiger partial charge on any atom is 0.0147 e. The van der Waals surface area contributed by atoms with E-state index in [1.54, 1.807) is 0 Å². The lowest BCUT2D eigenvalue weighted by Gasteiger charge is -1.87. The largest absolute Gasteiger partial charge is 0.365 e. The maximum absolute atomic E-state index is 3.14. The van der Waals surface area contributed by atoms with E-state index >= 15 is 0 Å². The highest BCUT2D eigenvalue weighted by molar-refractivity contribution is 5.85. The molecule has 0 unspecified atom stereocenters. The molecule has 1 nitrogen and oxygen atoms in total. The van der Waals surface area contributed by atoms with Gasteiger partial charge in [-0.2, -0.15) is 0 Å². The van der Waals surface area contributed by atoms with E-state index in [4.69, 9.17) is 0 Å². The van der Waals surface area contributed by atoms with Crippen LogP contribution in [-0.4, -0.2) is 4.98 Å². The molecule has 0 spiro atoms. The van der Waals surface area contributed by atoms with Crippen molar-refractivity contribution < 1.29 is 0 Å². The summed E-state index contributed by atoms with van der Waals surface area (Å²) in [7, 11) is 0. The lowest BCUT2D eigenvalue weighted by molar-refractivity contribution is 0.892. The summed E-state index contributed by atoms with van der Waals surface area (Å²) in [5.41, 5.74) is 1.34. The molecule has 0 bridgehead atoms. The van der Waals surface area contributed by atoms with Crippen LogP contribution in [0.4, 0.5) is 0 Å². The highest BCUT2D eigenvalue weighted by Crippen LogP contribution is 1.96. The maximum atomic E-state index is 3.14. The zero-order valence-electron chi connectivity index (χ0n) is 5.55. The van der Waals surface area contributed by atoms with Gasteiger partial charge in [0.1, 0.15) is 0 Å². The molecular weight excluding hydrogens is 134 g/mol. The fourth-order valence-electron chi connectivity index (χ4n) is 0.792. The van der Waals surface area contributed by atoms with Gasteiger partial charge >= 0.3 is 0 Å². The van der Waals surface area contributed by atoms with Crippen molar-refractivity contribution in [1.29, 1.82) is 0 Å². The normalized spacial score (nSPS) is 8.56. The summed E-state index contributed by atoms with van der Waals surface area (Å²) >= 11 is 0. The van der Waals surface area contributed by atoms with E-state index in [0.29, 0.717) is 0 Å². The summed E-state index contributed by atoms with van der Waals surface area (Å²) in [6, 6.07) is 4.15. The Morgan fingerprint density at radius 1 is 1.56 bits per heavy atom. The predicted octanol–water partition coefficient (Wildman–Crippen LogP) is 2.39. The number of H-pyrrole nitrogens is 1. The zero-order valence-corrected chi connectivity index (χ0v) is 6.37. The number of aromatic nitrogens is 1. The average molecular weight is 146 g/mol. The number of halogens is 1. The van der Waals surface area contributed by atoms with Crippen LogP contribution in [0, 0.1) is 0 Å². The molecule has 0 saturated heterocycles.